The van der Waals surface area contributed by atoms with Crippen LogP contribution >= 0.6 is 0 Å². The van der Waals surface area contributed by atoms with E-state index in [0.717, 1.165) is 92.4 Å². The zero-order valence-electron chi connectivity index (χ0n) is 38.1. The molecule has 13 heteroatoms. The second-order valence-electron chi connectivity index (χ2n) is 18.3. The number of carbonyl (C=O) groups is 1. The predicted molar refractivity (Wildman–Crippen MR) is 244 cm³/mol. The van der Waals surface area contributed by atoms with Gasteiger partial charge in [0.15, 0.2) is 0 Å². The van der Waals surface area contributed by atoms with Gasteiger partial charge in [0.2, 0.25) is 18.0 Å². The van der Waals surface area contributed by atoms with Crippen molar-refractivity contribution in [3.05, 3.63) is 77.7 Å². The molecule has 1 amide bonds. The van der Waals surface area contributed by atoms with E-state index in [1.54, 1.807) is 6.08 Å². The second-order valence-corrected chi connectivity index (χ2v) is 18.3. The van der Waals surface area contributed by atoms with Crippen molar-refractivity contribution in [2.45, 2.75) is 140 Å². The van der Waals surface area contributed by atoms with Crippen LogP contribution in [0.2, 0.25) is 0 Å². The Hall–Kier alpha value is -3.85. The number of carbonyl (C=O) groups excluding carboxylic acids is 1. The number of fused-ring (bicyclic) bond motifs is 2. The molecule has 2 aliphatic heterocycles. The molecule has 3 fully saturated rings. The van der Waals surface area contributed by atoms with Crippen LogP contribution in [-0.2, 0) is 30.4 Å². The summed E-state index contributed by atoms with van der Waals surface area (Å²) in [7, 11) is 0. The summed E-state index contributed by atoms with van der Waals surface area (Å²) < 4.78 is 33.0. The number of benzene rings is 1. The third-order valence-electron chi connectivity index (χ3n) is 14.0. The summed E-state index contributed by atoms with van der Waals surface area (Å²) in [5.41, 5.74) is 4.46. The molecule has 13 nitrogen and oxygen atoms in total. The van der Waals surface area contributed by atoms with Gasteiger partial charge in [0.25, 0.3) is 0 Å². The average molecular weight is 888 g/mol. The molecule has 0 spiro atoms. The number of hydrogen-bond donors (Lipinski definition) is 3. The fraction of sp³-hybridized carbons (Fsp3) is 0.667. The highest BCUT2D eigenvalue weighted by Crippen LogP contribution is 2.62. The molecule has 7 rings (SSSR count). The molecule has 7 atom stereocenters. The molecule has 3 N–H and O–H groups in total. The molecule has 2 aromatic rings. The molecule has 2 saturated carbocycles. The first-order chi connectivity index (χ1) is 31.4. The monoisotopic (exact) mass is 888 g/mol. The van der Waals surface area contributed by atoms with Crippen LogP contribution in [0.4, 0.5) is 0 Å². The number of unbranched alkanes of at least 4 members (excludes halogenated alkanes) is 2. The lowest BCUT2D eigenvalue weighted by molar-refractivity contribution is -0.258. The topological polar surface area (TPSA) is 162 Å². The zero-order valence-corrected chi connectivity index (χ0v) is 38.1. The molecule has 3 heterocycles. The summed E-state index contributed by atoms with van der Waals surface area (Å²) in [6, 6.07) is 11.3. The number of rotatable bonds is 25. The van der Waals surface area contributed by atoms with Gasteiger partial charge in [-0.15, -0.1) is 6.58 Å². The predicted octanol–water partition coefficient (Wildman–Crippen LogP) is 7.94. The highest BCUT2D eigenvalue weighted by Gasteiger charge is 2.65. The molecule has 5 aliphatic rings. The lowest BCUT2D eigenvalue weighted by Gasteiger charge is -2.60. The number of aromatic nitrogens is 1. The molecule has 7 unspecified atom stereocenters. The minimum Gasteiger partial charge on any atom is -0.487 e. The quantitative estimate of drug-likeness (QED) is 0.0505. The third-order valence-corrected chi connectivity index (χ3v) is 14.0. The molecule has 1 aromatic carbocycles. The largest absolute Gasteiger partial charge is 0.487 e. The number of aliphatic hydroxyl groups is 3. The molecular weight excluding hydrogens is 815 g/mol. The third kappa shape index (κ3) is 11.7. The second kappa shape index (κ2) is 24.1. The fourth-order valence-electron chi connectivity index (χ4n) is 11.0. The molecule has 352 valence electrons. The number of amides is 1. The van der Waals surface area contributed by atoms with Crippen LogP contribution in [0.25, 0.3) is 0 Å². The van der Waals surface area contributed by atoms with Gasteiger partial charge in [-0.05, 0) is 106 Å². The number of allylic oxidation sites excluding steroid dienone is 1. The summed E-state index contributed by atoms with van der Waals surface area (Å²) in [5.74, 6) is 0.0366. The van der Waals surface area contributed by atoms with E-state index in [4.69, 9.17) is 33.7 Å². The standard InChI is InChI=1S/C51H73N3O10/c1-3-28-62-51-46(54(24-30-59-31-27-57)47(58)23-20-37-14-4-5-15-37)34-44(53-64-48-19-8-11-29-60-48)42-32-38(16-6-9-25-55)41(18-7-10-26-56)49(50(42)51)43-33-40(21-22-45(43)63-51)61-35-39-17-12-13-36(2)52-39/h3,12-13,17,21-22,32-33,37-38,41,46,48-50,55-57H,1,4-11,14-16,18-20,23-31,34-35H2,2H3. The number of ether oxygens (including phenoxy) is 5. The van der Waals surface area contributed by atoms with Gasteiger partial charge in [0, 0.05) is 56.2 Å². The van der Waals surface area contributed by atoms with Crippen molar-refractivity contribution in [2.75, 3.05) is 52.8 Å². The van der Waals surface area contributed by atoms with Gasteiger partial charge in [0.05, 0.1) is 50.4 Å². The molecule has 0 radical (unpaired) electrons. The molecule has 1 aromatic heterocycles. The van der Waals surface area contributed by atoms with Crippen LogP contribution in [0.5, 0.6) is 11.5 Å². The van der Waals surface area contributed by atoms with Gasteiger partial charge in [-0.1, -0.05) is 61.9 Å². The minimum atomic E-state index is -1.38. The van der Waals surface area contributed by atoms with Gasteiger partial charge in [-0.3, -0.25) is 9.78 Å². The van der Waals surface area contributed by atoms with Gasteiger partial charge in [-0.2, -0.15) is 0 Å². The van der Waals surface area contributed by atoms with Crippen molar-refractivity contribution >= 4 is 11.6 Å². The Labute approximate surface area is 380 Å². The van der Waals surface area contributed by atoms with E-state index in [1.165, 1.54) is 12.8 Å². The molecule has 3 aliphatic carbocycles. The Balaban J connectivity index is 1.39. The van der Waals surface area contributed by atoms with Crippen LogP contribution < -0.4 is 9.47 Å². The van der Waals surface area contributed by atoms with E-state index >= 15 is 0 Å². The number of aliphatic hydroxyl groups excluding tert-OH is 3. The molecular formula is C51H73N3O10. The van der Waals surface area contributed by atoms with Crippen molar-refractivity contribution in [3.8, 4) is 11.5 Å². The molecule has 1 saturated heterocycles. The van der Waals surface area contributed by atoms with Crippen LogP contribution in [0.3, 0.4) is 0 Å². The maximum atomic E-state index is 15.0. The number of oxime groups is 1. The lowest BCUT2D eigenvalue weighted by Crippen LogP contribution is -2.70. The average Bonchev–Trinajstić information content (AvgIpc) is 3.84. The van der Waals surface area contributed by atoms with Crippen molar-refractivity contribution in [1.29, 1.82) is 0 Å². The Kier molecular flexibility index (Phi) is 18.1. The van der Waals surface area contributed by atoms with Crippen molar-refractivity contribution < 1.29 is 48.6 Å². The first-order valence-electron chi connectivity index (χ1n) is 24.3. The molecule has 0 bridgehead atoms. The fourth-order valence-corrected chi connectivity index (χ4v) is 11.0. The summed E-state index contributed by atoms with van der Waals surface area (Å²) in [6.07, 6.45) is 17.2. The van der Waals surface area contributed by atoms with Crippen LogP contribution in [0.15, 0.2) is 65.9 Å². The summed E-state index contributed by atoms with van der Waals surface area (Å²) in [4.78, 5) is 27.9. The van der Waals surface area contributed by atoms with E-state index in [2.05, 4.69) is 23.7 Å². The Morgan fingerprint density at radius 2 is 1.80 bits per heavy atom. The minimum absolute atomic E-state index is 0.00558. The van der Waals surface area contributed by atoms with E-state index < -0.39 is 24.0 Å². The number of nitrogens with zero attached hydrogens (tertiary/aromatic N) is 3. The van der Waals surface area contributed by atoms with E-state index in [1.807, 2.05) is 42.2 Å². The van der Waals surface area contributed by atoms with Gasteiger partial charge in [-0.25, -0.2) is 0 Å². The lowest BCUT2D eigenvalue weighted by atomic mass is 9.55. The number of hydrogen-bond acceptors (Lipinski definition) is 12. The summed E-state index contributed by atoms with van der Waals surface area (Å²) in [6.45, 7) is 7.88. The van der Waals surface area contributed by atoms with Crippen LogP contribution in [0, 0.1) is 30.6 Å². The Morgan fingerprint density at radius 1 is 0.984 bits per heavy atom. The smallest absolute Gasteiger partial charge is 0.239 e. The van der Waals surface area contributed by atoms with Crippen LogP contribution in [0.1, 0.15) is 126 Å². The Bertz CT molecular complexity index is 1860. The van der Waals surface area contributed by atoms with E-state index in [9.17, 15) is 20.1 Å². The Morgan fingerprint density at radius 3 is 2.55 bits per heavy atom. The van der Waals surface area contributed by atoms with Gasteiger partial charge >= 0.3 is 0 Å². The van der Waals surface area contributed by atoms with Crippen molar-refractivity contribution in [2.24, 2.45) is 28.8 Å². The first-order valence-corrected chi connectivity index (χ1v) is 24.3. The van der Waals surface area contributed by atoms with Crippen molar-refractivity contribution in [3.63, 3.8) is 0 Å². The van der Waals surface area contributed by atoms with Gasteiger partial charge in [0.1, 0.15) is 24.1 Å². The van der Waals surface area contributed by atoms with E-state index in [0.29, 0.717) is 56.3 Å². The maximum absolute atomic E-state index is 15.0. The highest BCUT2D eigenvalue weighted by atomic mass is 16.8. The van der Waals surface area contributed by atoms with Gasteiger partial charge < -0.3 is 48.7 Å². The van der Waals surface area contributed by atoms with E-state index in [-0.39, 0.29) is 69.8 Å². The zero-order chi connectivity index (χ0) is 44.7. The van der Waals surface area contributed by atoms with Crippen molar-refractivity contribution in [1.82, 2.24) is 9.88 Å². The van der Waals surface area contributed by atoms with Crippen LogP contribution in [-0.4, -0.2) is 108 Å². The normalized spacial score (nSPS) is 27.0. The highest BCUT2D eigenvalue weighted by molar-refractivity contribution is 6.03. The number of pyridine rings is 1. The first kappa shape index (κ1) is 48.1. The molecule has 64 heavy (non-hydrogen) atoms. The SMILES string of the molecule is C=CCOC12Oc3ccc(OCc4cccc(C)n4)cc3C3C(CCCCO)C(CCCCO)C=C(C(=NOC4CCCCO4)CC1N(CCOCCO)C(=O)CCC1CCCC1)C32. The summed E-state index contributed by atoms with van der Waals surface area (Å²) >= 11 is 0. The summed E-state index contributed by atoms with van der Waals surface area (Å²) in [5, 5.41) is 34.6. The number of aryl methyl sites for hydroxylation is 1. The maximum Gasteiger partial charge on any atom is 0.239 e.